The number of rotatable bonds is 8. The highest BCUT2D eigenvalue weighted by molar-refractivity contribution is 5.81. The van der Waals surface area contributed by atoms with E-state index in [0.29, 0.717) is 18.2 Å². The molecule has 3 aromatic heterocycles. The van der Waals surface area contributed by atoms with Gasteiger partial charge in [-0.2, -0.15) is 0 Å². The zero-order valence-corrected chi connectivity index (χ0v) is 18.4. The van der Waals surface area contributed by atoms with Crippen molar-refractivity contribution in [3.63, 3.8) is 0 Å². The maximum atomic E-state index is 9.45. The summed E-state index contributed by atoms with van der Waals surface area (Å²) in [6, 6.07) is 4.30. The Morgan fingerprint density at radius 3 is 2.48 bits per heavy atom. The van der Waals surface area contributed by atoms with Crippen LogP contribution >= 0.6 is 0 Å². The van der Waals surface area contributed by atoms with Crippen LogP contribution in [0.25, 0.3) is 22.4 Å². The number of nitrogens with zero attached hydrogens (tertiary/aromatic N) is 4. The SMILES string of the molecule is CCc1nc2c(nc1-c1ccc(C(C)C)nc1OC)c(C)cn2[C@H](CC)CCO. The summed E-state index contributed by atoms with van der Waals surface area (Å²) in [4.78, 5) is 14.7. The van der Waals surface area contributed by atoms with Gasteiger partial charge in [0.1, 0.15) is 5.52 Å². The molecule has 0 bridgehead atoms. The summed E-state index contributed by atoms with van der Waals surface area (Å²) in [6.45, 7) is 10.7. The fourth-order valence-corrected chi connectivity index (χ4v) is 3.78. The number of fused-ring (bicyclic) bond motifs is 1. The molecule has 1 N–H and O–H groups in total. The molecular formula is C23H32N4O2. The Hall–Kier alpha value is -2.47. The standard InChI is InChI=1S/C23H32N4O2/c1-7-16(11-12-28)27-13-15(5)20-22(27)24-18(8-2)21(26-20)17-9-10-19(14(3)4)25-23(17)29-6/h9-10,13-14,16,28H,7-8,11-12H2,1-6H3/t16-/m1/s1. The normalized spacial score (nSPS) is 12.7. The molecule has 0 aliphatic rings. The monoisotopic (exact) mass is 396 g/mol. The molecule has 3 heterocycles. The molecule has 0 aliphatic carbocycles. The van der Waals surface area contributed by atoms with Crippen molar-refractivity contribution in [2.45, 2.75) is 65.8 Å². The van der Waals surface area contributed by atoms with Crippen LogP contribution in [0.1, 0.15) is 69.4 Å². The highest BCUT2D eigenvalue weighted by Crippen LogP contribution is 2.34. The summed E-state index contributed by atoms with van der Waals surface area (Å²) in [5.41, 5.74) is 6.48. The van der Waals surface area contributed by atoms with Gasteiger partial charge in [-0.1, -0.05) is 27.7 Å². The van der Waals surface area contributed by atoms with E-state index in [-0.39, 0.29) is 12.6 Å². The molecule has 0 amide bonds. The molecule has 0 saturated carbocycles. The van der Waals surface area contributed by atoms with Crippen molar-refractivity contribution in [2.75, 3.05) is 13.7 Å². The van der Waals surface area contributed by atoms with Gasteiger partial charge in [0.15, 0.2) is 5.65 Å². The quantitative estimate of drug-likeness (QED) is 0.590. The minimum Gasteiger partial charge on any atom is -0.480 e. The van der Waals surface area contributed by atoms with E-state index in [9.17, 15) is 5.11 Å². The largest absolute Gasteiger partial charge is 0.480 e. The molecule has 0 aromatic carbocycles. The number of pyridine rings is 1. The van der Waals surface area contributed by atoms with Gasteiger partial charge in [0.05, 0.1) is 24.1 Å². The lowest BCUT2D eigenvalue weighted by Crippen LogP contribution is -2.10. The number of aromatic nitrogens is 4. The molecule has 0 radical (unpaired) electrons. The van der Waals surface area contributed by atoms with Crippen LogP contribution in [0.4, 0.5) is 0 Å². The summed E-state index contributed by atoms with van der Waals surface area (Å²) in [6.07, 6.45) is 4.51. The molecule has 1 atom stereocenters. The number of aliphatic hydroxyl groups excluding tert-OH is 1. The molecule has 3 aromatic rings. The van der Waals surface area contributed by atoms with E-state index in [1.807, 2.05) is 12.1 Å². The molecular weight excluding hydrogens is 364 g/mol. The van der Waals surface area contributed by atoms with Gasteiger partial charge in [-0.25, -0.2) is 15.0 Å². The minimum absolute atomic E-state index is 0.161. The molecule has 29 heavy (non-hydrogen) atoms. The highest BCUT2D eigenvalue weighted by atomic mass is 16.5. The Morgan fingerprint density at radius 1 is 1.14 bits per heavy atom. The van der Waals surface area contributed by atoms with Crippen LogP contribution in [0, 0.1) is 6.92 Å². The number of aryl methyl sites for hydroxylation is 2. The smallest absolute Gasteiger partial charge is 0.222 e. The van der Waals surface area contributed by atoms with Crippen molar-refractivity contribution < 1.29 is 9.84 Å². The van der Waals surface area contributed by atoms with E-state index >= 15 is 0 Å². The summed E-state index contributed by atoms with van der Waals surface area (Å²) < 4.78 is 7.79. The average Bonchev–Trinajstić information content (AvgIpc) is 3.05. The molecule has 0 unspecified atom stereocenters. The maximum absolute atomic E-state index is 9.45. The average molecular weight is 397 g/mol. The van der Waals surface area contributed by atoms with Crippen LogP contribution in [-0.4, -0.2) is 38.3 Å². The first kappa shape index (κ1) is 21.2. The lowest BCUT2D eigenvalue weighted by molar-refractivity contribution is 0.256. The van der Waals surface area contributed by atoms with Gasteiger partial charge in [0.25, 0.3) is 0 Å². The van der Waals surface area contributed by atoms with Gasteiger partial charge in [-0.05, 0) is 49.8 Å². The Morgan fingerprint density at radius 2 is 1.90 bits per heavy atom. The van der Waals surface area contributed by atoms with Crippen molar-refractivity contribution in [3.8, 4) is 17.1 Å². The highest BCUT2D eigenvalue weighted by Gasteiger charge is 2.21. The maximum Gasteiger partial charge on any atom is 0.222 e. The molecule has 3 rings (SSSR count). The van der Waals surface area contributed by atoms with Gasteiger partial charge in [0.2, 0.25) is 5.88 Å². The molecule has 6 heteroatoms. The van der Waals surface area contributed by atoms with E-state index < -0.39 is 0 Å². The fourth-order valence-electron chi connectivity index (χ4n) is 3.78. The van der Waals surface area contributed by atoms with E-state index in [1.165, 1.54) is 0 Å². The molecule has 0 spiro atoms. The lowest BCUT2D eigenvalue weighted by Gasteiger charge is -2.17. The third-order valence-corrected chi connectivity index (χ3v) is 5.48. The summed E-state index contributed by atoms with van der Waals surface area (Å²) >= 11 is 0. The second-order valence-electron chi connectivity index (χ2n) is 7.79. The molecule has 0 aliphatic heterocycles. The summed E-state index contributed by atoms with van der Waals surface area (Å²) in [5, 5.41) is 9.45. The van der Waals surface area contributed by atoms with Crippen LogP contribution in [0.3, 0.4) is 0 Å². The van der Waals surface area contributed by atoms with Crippen LogP contribution in [0.15, 0.2) is 18.3 Å². The zero-order chi connectivity index (χ0) is 21.1. The first-order valence-electron chi connectivity index (χ1n) is 10.5. The first-order chi connectivity index (χ1) is 13.9. The number of aliphatic hydroxyl groups is 1. The topological polar surface area (TPSA) is 73.1 Å². The second kappa shape index (κ2) is 8.91. The Kier molecular flexibility index (Phi) is 6.52. The van der Waals surface area contributed by atoms with Crippen molar-refractivity contribution in [2.24, 2.45) is 0 Å². The van der Waals surface area contributed by atoms with E-state index in [2.05, 4.69) is 45.4 Å². The Balaban J connectivity index is 2.21. The van der Waals surface area contributed by atoms with Gasteiger partial charge in [0, 0.05) is 24.5 Å². The van der Waals surface area contributed by atoms with E-state index in [0.717, 1.165) is 52.2 Å². The number of hydrogen-bond donors (Lipinski definition) is 1. The fraction of sp³-hybridized carbons (Fsp3) is 0.522. The van der Waals surface area contributed by atoms with Gasteiger partial charge >= 0.3 is 0 Å². The molecule has 0 saturated heterocycles. The summed E-state index contributed by atoms with van der Waals surface area (Å²) in [7, 11) is 1.65. The zero-order valence-electron chi connectivity index (χ0n) is 18.4. The predicted molar refractivity (Wildman–Crippen MR) is 117 cm³/mol. The van der Waals surface area contributed by atoms with Gasteiger partial charge in [-0.15, -0.1) is 0 Å². The van der Waals surface area contributed by atoms with Crippen molar-refractivity contribution in [1.29, 1.82) is 0 Å². The van der Waals surface area contributed by atoms with Crippen molar-refractivity contribution in [3.05, 3.63) is 35.3 Å². The van der Waals surface area contributed by atoms with Crippen LogP contribution < -0.4 is 4.74 Å². The Labute approximate surface area is 173 Å². The van der Waals surface area contributed by atoms with Gasteiger partial charge < -0.3 is 14.4 Å². The van der Waals surface area contributed by atoms with Gasteiger partial charge in [-0.3, -0.25) is 0 Å². The summed E-state index contributed by atoms with van der Waals surface area (Å²) in [5.74, 6) is 0.911. The number of ether oxygens (including phenoxy) is 1. The second-order valence-corrected chi connectivity index (χ2v) is 7.79. The van der Waals surface area contributed by atoms with Crippen LogP contribution in [0.5, 0.6) is 5.88 Å². The molecule has 156 valence electrons. The minimum atomic E-state index is 0.161. The third kappa shape index (κ3) is 3.99. The Bertz CT molecular complexity index is 994. The number of hydrogen-bond acceptors (Lipinski definition) is 5. The third-order valence-electron chi connectivity index (χ3n) is 5.48. The van der Waals surface area contributed by atoms with Crippen LogP contribution in [-0.2, 0) is 6.42 Å². The molecule has 6 nitrogen and oxygen atoms in total. The lowest BCUT2D eigenvalue weighted by atomic mass is 10.1. The van der Waals surface area contributed by atoms with E-state index in [4.69, 9.17) is 19.7 Å². The van der Waals surface area contributed by atoms with Crippen molar-refractivity contribution in [1.82, 2.24) is 19.5 Å². The number of methoxy groups -OCH3 is 1. The van der Waals surface area contributed by atoms with Crippen molar-refractivity contribution >= 4 is 11.2 Å². The van der Waals surface area contributed by atoms with E-state index in [1.54, 1.807) is 7.11 Å². The first-order valence-corrected chi connectivity index (χ1v) is 10.5. The van der Waals surface area contributed by atoms with Crippen LogP contribution in [0.2, 0.25) is 0 Å². The molecule has 0 fully saturated rings. The predicted octanol–water partition coefficient (Wildman–Crippen LogP) is 4.83.